The molecular formula is C25H26N4O4. The number of nitrogens with one attached hydrogen (secondary N) is 1. The molecule has 1 amide bonds. The zero-order chi connectivity index (χ0) is 23.4. The Bertz CT molecular complexity index is 1240. The number of para-hydroxylation sites is 2. The van der Waals surface area contributed by atoms with Gasteiger partial charge < -0.3 is 19.2 Å². The molecule has 0 fully saturated rings. The number of benzene rings is 1. The SMILES string of the molecule is COc1ccccc1OCc1ccc(C(=O)Nc2cc(C(C)(C)C)nn2-c2ccccn2)o1. The lowest BCUT2D eigenvalue weighted by atomic mass is 9.92. The molecule has 0 saturated carbocycles. The molecule has 8 nitrogen and oxygen atoms in total. The first-order valence-corrected chi connectivity index (χ1v) is 10.5. The van der Waals surface area contributed by atoms with Gasteiger partial charge in [-0.15, -0.1) is 0 Å². The molecule has 4 aromatic rings. The summed E-state index contributed by atoms with van der Waals surface area (Å²) in [7, 11) is 1.58. The molecule has 0 aliphatic carbocycles. The van der Waals surface area contributed by atoms with Crippen molar-refractivity contribution in [3.8, 4) is 17.3 Å². The van der Waals surface area contributed by atoms with Crippen molar-refractivity contribution in [3.05, 3.63) is 84.1 Å². The molecule has 33 heavy (non-hydrogen) atoms. The molecule has 0 radical (unpaired) electrons. The van der Waals surface area contributed by atoms with E-state index in [1.54, 1.807) is 36.2 Å². The van der Waals surface area contributed by atoms with Crippen LogP contribution in [0.25, 0.3) is 5.82 Å². The molecule has 0 spiro atoms. The van der Waals surface area contributed by atoms with E-state index in [2.05, 4.69) is 36.2 Å². The van der Waals surface area contributed by atoms with Gasteiger partial charge in [0.05, 0.1) is 12.8 Å². The molecule has 1 aromatic carbocycles. The van der Waals surface area contributed by atoms with Gasteiger partial charge in [0.1, 0.15) is 18.2 Å². The van der Waals surface area contributed by atoms with Gasteiger partial charge >= 0.3 is 0 Å². The van der Waals surface area contributed by atoms with E-state index in [9.17, 15) is 4.79 Å². The fourth-order valence-corrected chi connectivity index (χ4v) is 3.13. The Morgan fingerprint density at radius 2 is 1.82 bits per heavy atom. The number of pyridine rings is 1. The summed E-state index contributed by atoms with van der Waals surface area (Å²) in [5.74, 6) is 2.62. The number of aromatic nitrogens is 3. The minimum Gasteiger partial charge on any atom is -0.493 e. The maximum atomic E-state index is 12.9. The number of hydrogen-bond acceptors (Lipinski definition) is 6. The summed E-state index contributed by atoms with van der Waals surface area (Å²) >= 11 is 0. The van der Waals surface area contributed by atoms with Crippen LogP contribution >= 0.6 is 0 Å². The molecule has 0 aliphatic heterocycles. The quantitative estimate of drug-likeness (QED) is 0.430. The fourth-order valence-electron chi connectivity index (χ4n) is 3.13. The number of amides is 1. The van der Waals surface area contributed by atoms with Gasteiger partial charge in [-0.1, -0.05) is 39.0 Å². The Labute approximate surface area is 192 Å². The average molecular weight is 447 g/mol. The maximum Gasteiger partial charge on any atom is 0.292 e. The second kappa shape index (κ2) is 9.20. The predicted octanol–water partition coefficient (Wildman–Crippen LogP) is 5.00. The minimum atomic E-state index is -0.393. The van der Waals surface area contributed by atoms with E-state index in [0.29, 0.717) is 28.9 Å². The van der Waals surface area contributed by atoms with Crippen LogP contribution < -0.4 is 14.8 Å². The van der Waals surface area contributed by atoms with Crippen LogP contribution in [-0.4, -0.2) is 27.8 Å². The second-order valence-corrected chi connectivity index (χ2v) is 8.42. The zero-order valence-corrected chi connectivity index (χ0v) is 19.0. The van der Waals surface area contributed by atoms with E-state index in [1.165, 1.54) is 0 Å². The summed E-state index contributed by atoms with van der Waals surface area (Å²) in [4.78, 5) is 17.3. The van der Waals surface area contributed by atoms with Crippen molar-refractivity contribution in [1.82, 2.24) is 14.8 Å². The normalized spacial score (nSPS) is 11.3. The average Bonchev–Trinajstić information content (AvgIpc) is 3.46. The van der Waals surface area contributed by atoms with Gasteiger partial charge in [-0.2, -0.15) is 9.78 Å². The third-order valence-corrected chi connectivity index (χ3v) is 4.91. The van der Waals surface area contributed by atoms with Gasteiger partial charge in [0.15, 0.2) is 23.1 Å². The van der Waals surface area contributed by atoms with Crippen LogP contribution in [-0.2, 0) is 12.0 Å². The number of ether oxygens (including phenoxy) is 2. The molecule has 0 unspecified atom stereocenters. The molecule has 0 atom stereocenters. The number of furan rings is 1. The first-order chi connectivity index (χ1) is 15.8. The fraction of sp³-hybridized carbons (Fsp3) is 0.240. The number of carbonyl (C=O) groups is 1. The van der Waals surface area contributed by atoms with Gasteiger partial charge in [-0.25, -0.2) is 4.98 Å². The van der Waals surface area contributed by atoms with Crippen LogP contribution in [0, 0.1) is 0 Å². The van der Waals surface area contributed by atoms with E-state index in [1.807, 2.05) is 42.5 Å². The van der Waals surface area contributed by atoms with Crippen LogP contribution in [0.1, 0.15) is 42.8 Å². The number of rotatable bonds is 7. The van der Waals surface area contributed by atoms with Gasteiger partial charge in [0, 0.05) is 17.7 Å². The Morgan fingerprint density at radius 1 is 1.06 bits per heavy atom. The zero-order valence-electron chi connectivity index (χ0n) is 19.0. The molecule has 170 valence electrons. The Balaban J connectivity index is 1.51. The molecule has 0 aliphatic rings. The maximum absolute atomic E-state index is 12.9. The van der Waals surface area contributed by atoms with Gasteiger partial charge in [-0.3, -0.25) is 4.79 Å². The van der Waals surface area contributed by atoms with Crippen molar-refractivity contribution < 1.29 is 18.7 Å². The molecule has 0 bridgehead atoms. The van der Waals surface area contributed by atoms with Crippen LogP contribution in [0.5, 0.6) is 11.5 Å². The standard InChI is InChI=1S/C25H26N4O4/c1-25(2,3)21-15-23(29(28-21)22-11-7-8-14-26-22)27-24(30)20-13-12-17(33-20)16-32-19-10-6-5-9-18(19)31-4/h5-15H,16H2,1-4H3,(H,27,30). The molecule has 3 heterocycles. The summed E-state index contributed by atoms with van der Waals surface area (Å²) in [5.41, 5.74) is 0.626. The van der Waals surface area contributed by atoms with Crippen molar-refractivity contribution >= 4 is 11.7 Å². The molecule has 0 saturated heterocycles. The summed E-state index contributed by atoms with van der Waals surface area (Å²) in [5, 5.41) is 7.55. The van der Waals surface area contributed by atoms with Crippen molar-refractivity contribution in [3.63, 3.8) is 0 Å². The molecule has 3 aromatic heterocycles. The van der Waals surface area contributed by atoms with Crippen molar-refractivity contribution in [2.45, 2.75) is 32.8 Å². The lowest BCUT2D eigenvalue weighted by Gasteiger charge is -2.13. The van der Waals surface area contributed by atoms with E-state index in [4.69, 9.17) is 13.9 Å². The monoisotopic (exact) mass is 446 g/mol. The number of anilines is 1. The van der Waals surface area contributed by atoms with Crippen LogP contribution in [0.3, 0.4) is 0 Å². The molecule has 8 heteroatoms. The predicted molar refractivity (Wildman–Crippen MR) is 124 cm³/mol. The third-order valence-electron chi connectivity index (χ3n) is 4.91. The lowest BCUT2D eigenvalue weighted by Crippen LogP contribution is -2.15. The van der Waals surface area contributed by atoms with Crippen molar-refractivity contribution in [1.29, 1.82) is 0 Å². The Morgan fingerprint density at radius 3 is 2.52 bits per heavy atom. The highest BCUT2D eigenvalue weighted by Gasteiger charge is 2.23. The number of carbonyl (C=O) groups excluding carboxylic acids is 1. The van der Waals surface area contributed by atoms with Crippen molar-refractivity contribution in [2.75, 3.05) is 12.4 Å². The number of hydrogen-bond donors (Lipinski definition) is 1. The Kier molecular flexibility index (Phi) is 6.17. The largest absolute Gasteiger partial charge is 0.493 e. The van der Waals surface area contributed by atoms with Crippen LogP contribution in [0.15, 0.2) is 71.3 Å². The topological polar surface area (TPSA) is 91.4 Å². The first kappa shape index (κ1) is 22.1. The van der Waals surface area contributed by atoms with Crippen LogP contribution in [0.2, 0.25) is 0 Å². The van der Waals surface area contributed by atoms with E-state index >= 15 is 0 Å². The number of nitrogens with zero attached hydrogens (tertiary/aromatic N) is 3. The van der Waals surface area contributed by atoms with E-state index in [-0.39, 0.29) is 17.8 Å². The summed E-state index contributed by atoms with van der Waals surface area (Å²) in [6, 6.07) is 18.0. The molecule has 1 N–H and O–H groups in total. The highest BCUT2D eigenvalue weighted by Crippen LogP contribution is 2.28. The van der Waals surface area contributed by atoms with Crippen LogP contribution in [0.4, 0.5) is 5.82 Å². The molecular weight excluding hydrogens is 420 g/mol. The van der Waals surface area contributed by atoms with Crippen molar-refractivity contribution in [2.24, 2.45) is 0 Å². The van der Waals surface area contributed by atoms with E-state index in [0.717, 1.165) is 5.69 Å². The van der Waals surface area contributed by atoms with Gasteiger partial charge in [-0.05, 0) is 36.4 Å². The third kappa shape index (κ3) is 5.06. The van der Waals surface area contributed by atoms with Gasteiger partial charge in [0.25, 0.3) is 5.91 Å². The van der Waals surface area contributed by atoms with E-state index < -0.39 is 5.91 Å². The first-order valence-electron chi connectivity index (χ1n) is 10.5. The second-order valence-electron chi connectivity index (χ2n) is 8.42. The number of methoxy groups -OCH3 is 1. The lowest BCUT2D eigenvalue weighted by molar-refractivity contribution is 0.0991. The highest BCUT2D eigenvalue weighted by atomic mass is 16.5. The smallest absolute Gasteiger partial charge is 0.292 e. The molecule has 4 rings (SSSR count). The summed E-state index contributed by atoms with van der Waals surface area (Å²) in [6.45, 7) is 6.34. The summed E-state index contributed by atoms with van der Waals surface area (Å²) in [6.07, 6.45) is 1.68. The summed E-state index contributed by atoms with van der Waals surface area (Å²) < 4.78 is 18.4. The van der Waals surface area contributed by atoms with Gasteiger partial charge in [0.2, 0.25) is 0 Å². The Hall–Kier alpha value is -4.07. The highest BCUT2D eigenvalue weighted by molar-refractivity contribution is 6.02. The minimum absolute atomic E-state index is 0.160.